The molecular formula is C17H28ClPS. The largest absolute Gasteiger partial charge is 0.153 e. The molecule has 4 unspecified atom stereocenters. The van der Waals surface area contributed by atoms with E-state index in [1.165, 1.54) is 18.4 Å². The van der Waals surface area contributed by atoms with Crippen molar-refractivity contribution in [2.75, 3.05) is 0 Å². The summed E-state index contributed by atoms with van der Waals surface area (Å²) in [5, 5.41) is 0.705. The first-order valence-electron chi connectivity index (χ1n) is 7.32. The van der Waals surface area contributed by atoms with Crippen LogP contribution in [0.4, 0.5) is 0 Å². The number of thioether (sulfide) groups is 1. The topological polar surface area (TPSA) is 0 Å². The van der Waals surface area contributed by atoms with Crippen molar-refractivity contribution in [3.63, 3.8) is 0 Å². The molecule has 0 spiro atoms. The molecule has 4 atom stereocenters. The van der Waals surface area contributed by atoms with Crippen LogP contribution in [0.5, 0.6) is 0 Å². The van der Waals surface area contributed by atoms with E-state index in [0.717, 1.165) is 24.0 Å². The molecule has 0 amide bonds. The molecule has 1 saturated carbocycles. The van der Waals surface area contributed by atoms with Gasteiger partial charge in [0.05, 0.1) is 0 Å². The number of hydrogen-bond donors (Lipinski definition) is 0. The Labute approximate surface area is 137 Å². The molecule has 3 heteroatoms. The highest BCUT2D eigenvalue weighted by atomic mass is 35.5. The molecule has 1 aliphatic rings. The van der Waals surface area contributed by atoms with Crippen LogP contribution in [0.2, 0.25) is 0 Å². The fourth-order valence-corrected chi connectivity index (χ4v) is 5.20. The lowest BCUT2D eigenvalue weighted by molar-refractivity contribution is 0.258. The number of halogens is 1. The van der Waals surface area contributed by atoms with E-state index >= 15 is 0 Å². The van der Waals surface area contributed by atoms with Crippen LogP contribution in [-0.4, -0.2) is 10.1 Å². The van der Waals surface area contributed by atoms with E-state index in [2.05, 4.69) is 62.9 Å². The summed E-state index contributed by atoms with van der Waals surface area (Å²) in [5.74, 6) is 2.70. The van der Waals surface area contributed by atoms with Gasteiger partial charge >= 0.3 is 0 Å². The zero-order chi connectivity index (χ0) is 13.9. The maximum atomic E-state index is 6.61. The number of hydrogen-bond acceptors (Lipinski definition) is 1. The lowest BCUT2D eigenvalue weighted by Crippen LogP contribution is -2.37. The first kappa shape index (κ1) is 18.3. The highest BCUT2D eigenvalue weighted by molar-refractivity contribution is 7.99. The van der Waals surface area contributed by atoms with Gasteiger partial charge in [0.25, 0.3) is 0 Å². The van der Waals surface area contributed by atoms with Gasteiger partial charge in [-0.3, -0.25) is 0 Å². The summed E-state index contributed by atoms with van der Waals surface area (Å²) in [6.07, 6.45) is 3.60. The molecule has 0 saturated heterocycles. The Morgan fingerprint density at radius 1 is 1.30 bits per heavy atom. The van der Waals surface area contributed by atoms with Gasteiger partial charge in [-0.05, 0) is 43.6 Å². The second-order valence-corrected chi connectivity index (χ2v) is 8.54. The number of benzene rings is 1. The van der Waals surface area contributed by atoms with Crippen molar-refractivity contribution >= 4 is 33.3 Å². The lowest BCUT2D eigenvalue weighted by Gasteiger charge is -2.41. The summed E-state index contributed by atoms with van der Waals surface area (Å²) >= 11 is 8.71. The van der Waals surface area contributed by atoms with Crippen molar-refractivity contribution < 1.29 is 0 Å². The Kier molecular flexibility index (Phi) is 7.39. The molecule has 0 aliphatic heterocycles. The Balaban J connectivity index is 0.00000200. The summed E-state index contributed by atoms with van der Waals surface area (Å²) in [6.45, 7) is 6.93. The Morgan fingerprint density at radius 2 is 1.95 bits per heavy atom. The van der Waals surface area contributed by atoms with E-state index < -0.39 is 0 Å². The van der Waals surface area contributed by atoms with Crippen molar-refractivity contribution in [3.05, 3.63) is 35.9 Å². The van der Waals surface area contributed by atoms with Crippen molar-refractivity contribution in [3.8, 4) is 0 Å². The standard InChI is InChI=1S/C17H25ClS.H3P/c1-13(2)15-9-10-17(3,18)11-16(15)19-12-14-7-5-4-6-8-14;/h4-8,13,15-16H,9-12H2,1-3H3;1H3. The van der Waals surface area contributed by atoms with Crippen LogP contribution in [-0.2, 0) is 5.75 Å². The average molecular weight is 331 g/mol. The van der Waals surface area contributed by atoms with Crippen LogP contribution in [0, 0.1) is 11.8 Å². The minimum Gasteiger partial charge on any atom is -0.153 e. The molecule has 0 heterocycles. The van der Waals surface area contributed by atoms with E-state index in [1.54, 1.807) is 0 Å². The minimum absolute atomic E-state index is 0. The molecule has 114 valence electrons. The van der Waals surface area contributed by atoms with E-state index in [9.17, 15) is 0 Å². The summed E-state index contributed by atoms with van der Waals surface area (Å²) in [5.41, 5.74) is 1.43. The SMILES string of the molecule is CC(C)C1CCC(C)(Cl)CC1SCc1ccccc1.P. The van der Waals surface area contributed by atoms with Gasteiger partial charge in [0.2, 0.25) is 0 Å². The Hall–Kier alpha value is 0.290. The molecule has 1 aromatic carbocycles. The first-order valence-corrected chi connectivity index (χ1v) is 8.75. The van der Waals surface area contributed by atoms with Gasteiger partial charge in [0, 0.05) is 15.9 Å². The fraction of sp³-hybridized carbons (Fsp3) is 0.647. The summed E-state index contributed by atoms with van der Waals surface area (Å²) in [6, 6.07) is 10.8. The highest BCUT2D eigenvalue weighted by Crippen LogP contribution is 2.45. The van der Waals surface area contributed by atoms with Crippen LogP contribution in [0.1, 0.15) is 45.6 Å². The zero-order valence-electron chi connectivity index (χ0n) is 12.9. The zero-order valence-corrected chi connectivity index (χ0v) is 15.9. The van der Waals surface area contributed by atoms with Crippen molar-refractivity contribution in [2.24, 2.45) is 11.8 Å². The van der Waals surface area contributed by atoms with Crippen LogP contribution < -0.4 is 0 Å². The van der Waals surface area contributed by atoms with Gasteiger partial charge in [-0.2, -0.15) is 21.7 Å². The third kappa shape index (κ3) is 5.24. The molecule has 1 aliphatic carbocycles. The molecule has 0 aromatic heterocycles. The minimum atomic E-state index is 0. The quantitative estimate of drug-likeness (QED) is 0.496. The van der Waals surface area contributed by atoms with Crippen molar-refractivity contribution in [1.29, 1.82) is 0 Å². The molecule has 2 rings (SSSR count). The fourth-order valence-electron chi connectivity index (χ4n) is 3.05. The monoisotopic (exact) mass is 330 g/mol. The van der Waals surface area contributed by atoms with Gasteiger partial charge in [-0.25, -0.2) is 0 Å². The predicted molar refractivity (Wildman–Crippen MR) is 99.1 cm³/mol. The maximum absolute atomic E-state index is 6.61. The van der Waals surface area contributed by atoms with Crippen LogP contribution in [0.15, 0.2) is 30.3 Å². The molecule has 1 aromatic rings. The highest BCUT2D eigenvalue weighted by Gasteiger charge is 2.37. The summed E-state index contributed by atoms with van der Waals surface area (Å²) in [7, 11) is 0. The van der Waals surface area contributed by atoms with E-state index in [-0.39, 0.29) is 14.8 Å². The van der Waals surface area contributed by atoms with Crippen molar-refractivity contribution in [2.45, 2.75) is 55.9 Å². The first-order chi connectivity index (χ1) is 8.98. The van der Waals surface area contributed by atoms with Gasteiger partial charge < -0.3 is 0 Å². The number of rotatable bonds is 4. The van der Waals surface area contributed by atoms with Crippen molar-refractivity contribution in [1.82, 2.24) is 0 Å². The molecule has 20 heavy (non-hydrogen) atoms. The van der Waals surface area contributed by atoms with Gasteiger partial charge in [-0.1, -0.05) is 44.2 Å². The third-order valence-corrected chi connectivity index (χ3v) is 6.05. The third-order valence-electron chi connectivity index (χ3n) is 4.27. The van der Waals surface area contributed by atoms with Gasteiger partial charge in [0.15, 0.2) is 0 Å². The van der Waals surface area contributed by atoms with E-state index in [1.807, 2.05) is 0 Å². The predicted octanol–water partition coefficient (Wildman–Crippen LogP) is 5.80. The van der Waals surface area contributed by atoms with E-state index in [4.69, 9.17) is 11.6 Å². The van der Waals surface area contributed by atoms with Crippen LogP contribution in [0.25, 0.3) is 0 Å². The summed E-state index contributed by atoms with van der Waals surface area (Å²) in [4.78, 5) is 0.0136. The molecule has 0 bridgehead atoms. The smallest absolute Gasteiger partial charge is 0.0429 e. The van der Waals surface area contributed by atoms with Crippen LogP contribution in [0.3, 0.4) is 0 Å². The molecule has 1 fully saturated rings. The number of alkyl halides is 1. The van der Waals surface area contributed by atoms with Gasteiger partial charge in [-0.15, -0.1) is 11.6 Å². The maximum Gasteiger partial charge on any atom is 0.0429 e. The normalized spacial score (nSPS) is 30.1. The van der Waals surface area contributed by atoms with Gasteiger partial charge in [0.1, 0.15) is 0 Å². The van der Waals surface area contributed by atoms with E-state index in [0.29, 0.717) is 5.25 Å². The average Bonchev–Trinajstić information content (AvgIpc) is 2.36. The molecule has 0 N–H and O–H groups in total. The lowest BCUT2D eigenvalue weighted by atomic mass is 9.77. The molecule has 0 nitrogen and oxygen atoms in total. The van der Waals surface area contributed by atoms with Crippen LogP contribution >= 0.6 is 33.3 Å². The molecule has 0 radical (unpaired) electrons. The Bertz CT molecular complexity index is 391. The Morgan fingerprint density at radius 3 is 2.55 bits per heavy atom. The molecular weight excluding hydrogens is 303 g/mol. The summed E-state index contributed by atoms with van der Waals surface area (Å²) < 4.78 is 0. The second kappa shape index (κ2) is 8.06. The second-order valence-electron chi connectivity index (χ2n) is 6.40.